The zero-order valence-corrected chi connectivity index (χ0v) is 18.1. The fourth-order valence-electron chi connectivity index (χ4n) is 3.93. The Morgan fingerprint density at radius 1 is 1.32 bits per heavy atom. The van der Waals surface area contributed by atoms with Crippen molar-refractivity contribution < 1.29 is 14.3 Å². The van der Waals surface area contributed by atoms with Gasteiger partial charge < -0.3 is 18.9 Å². The molecule has 1 unspecified atom stereocenters. The smallest absolute Gasteiger partial charge is 0.410 e. The number of halogens is 1. The molecule has 6 heteroatoms. The van der Waals surface area contributed by atoms with Crippen LogP contribution in [-0.4, -0.2) is 48.0 Å². The van der Waals surface area contributed by atoms with E-state index in [1.54, 1.807) is 7.11 Å². The number of aryl methyl sites for hydroxylation is 1. The SMILES string of the molecule is COCCCn1c(C2CCCN(C(=O)OC(C)(C)C)C2)cc2c(Cl)cccc21. The molecule has 2 heterocycles. The first-order valence-electron chi connectivity index (χ1n) is 10.0. The maximum absolute atomic E-state index is 12.6. The van der Waals surface area contributed by atoms with Crippen molar-refractivity contribution in [3.63, 3.8) is 0 Å². The number of methoxy groups -OCH3 is 1. The van der Waals surface area contributed by atoms with Gasteiger partial charge in [0.15, 0.2) is 0 Å². The minimum absolute atomic E-state index is 0.225. The lowest BCUT2D eigenvalue weighted by Crippen LogP contribution is -2.42. The van der Waals surface area contributed by atoms with Crippen molar-refractivity contribution in [1.29, 1.82) is 0 Å². The number of hydrogen-bond donors (Lipinski definition) is 0. The lowest BCUT2D eigenvalue weighted by molar-refractivity contribution is 0.0196. The van der Waals surface area contributed by atoms with E-state index in [1.165, 1.54) is 5.69 Å². The molecule has 3 rings (SSSR count). The number of likely N-dealkylation sites (tertiary alicyclic amines) is 1. The van der Waals surface area contributed by atoms with Gasteiger partial charge in [-0.15, -0.1) is 0 Å². The average Bonchev–Trinajstić information content (AvgIpc) is 3.01. The maximum atomic E-state index is 12.6. The summed E-state index contributed by atoms with van der Waals surface area (Å²) in [4.78, 5) is 14.4. The number of fused-ring (bicyclic) bond motifs is 1. The third-order valence-electron chi connectivity index (χ3n) is 5.15. The monoisotopic (exact) mass is 406 g/mol. The van der Waals surface area contributed by atoms with Crippen LogP contribution < -0.4 is 0 Å². The number of rotatable bonds is 5. The molecule has 1 aromatic heterocycles. The molecular formula is C22H31ClN2O3. The van der Waals surface area contributed by atoms with Gasteiger partial charge in [0.1, 0.15) is 5.60 Å². The first-order valence-corrected chi connectivity index (χ1v) is 10.4. The molecule has 1 aliphatic rings. The Balaban J connectivity index is 1.88. The van der Waals surface area contributed by atoms with Crippen LogP contribution in [0.25, 0.3) is 10.9 Å². The van der Waals surface area contributed by atoms with Gasteiger partial charge in [0.2, 0.25) is 0 Å². The van der Waals surface area contributed by atoms with Crippen molar-refractivity contribution in [2.75, 3.05) is 26.8 Å². The molecule has 0 radical (unpaired) electrons. The standard InChI is InChI=1S/C22H31ClN2O3/c1-22(2,3)28-21(26)24-11-6-8-16(15-24)20-14-17-18(23)9-5-10-19(17)25(20)12-7-13-27-4/h5,9-10,14,16H,6-8,11-13,15H2,1-4H3. The lowest BCUT2D eigenvalue weighted by atomic mass is 9.94. The minimum atomic E-state index is -0.480. The van der Waals surface area contributed by atoms with Gasteiger partial charge >= 0.3 is 6.09 Å². The van der Waals surface area contributed by atoms with Crippen LogP contribution in [-0.2, 0) is 16.0 Å². The van der Waals surface area contributed by atoms with E-state index < -0.39 is 5.60 Å². The summed E-state index contributed by atoms with van der Waals surface area (Å²) in [6, 6.07) is 8.25. The summed E-state index contributed by atoms with van der Waals surface area (Å²) in [5, 5.41) is 1.84. The van der Waals surface area contributed by atoms with Gasteiger partial charge in [-0.3, -0.25) is 0 Å². The molecule has 1 saturated heterocycles. The number of piperidine rings is 1. The molecule has 1 aliphatic heterocycles. The molecule has 0 saturated carbocycles. The van der Waals surface area contributed by atoms with Gasteiger partial charge in [-0.1, -0.05) is 17.7 Å². The molecule has 1 atom stereocenters. The van der Waals surface area contributed by atoms with E-state index in [0.717, 1.165) is 48.3 Å². The van der Waals surface area contributed by atoms with Gasteiger partial charge in [-0.05, 0) is 58.2 Å². The van der Waals surface area contributed by atoms with Crippen LogP contribution in [0, 0.1) is 0 Å². The maximum Gasteiger partial charge on any atom is 0.410 e. The van der Waals surface area contributed by atoms with Crippen LogP contribution in [0.4, 0.5) is 4.79 Å². The number of nitrogens with zero attached hydrogens (tertiary/aromatic N) is 2. The summed E-state index contributed by atoms with van der Waals surface area (Å²) in [6.07, 6.45) is 2.73. The van der Waals surface area contributed by atoms with E-state index in [-0.39, 0.29) is 12.0 Å². The molecule has 1 aromatic carbocycles. The van der Waals surface area contributed by atoms with E-state index in [0.29, 0.717) is 13.2 Å². The molecule has 0 N–H and O–H groups in total. The molecule has 0 bridgehead atoms. The Bertz CT molecular complexity index is 825. The Labute approximate surface area is 172 Å². The quantitative estimate of drug-likeness (QED) is 0.620. The number of hydrogen-bond acceptors (Lipinski definition) is 3. The van der Waals surface area contributed by atoms with E-state index in [2.05, 4.69) is 16.7 Å². The fraction of sp³-hybridized carbons (Fsp3) is 0.591. The largest absolute Gasteiger partial charge is 0.444 e. The van der Waals surface area contributed by atoms with Gasteiger partial charge in [0.05, 0.1) is 0 Å². The Kier molecular flexibility index (Phi) is 6.56. The predicted octanol–water partition coefficient (Wildman–Crippen LogP) is 5.45. The number of benzene rings is 1. The summed E-state index contributed by atoms with van der Waals surface area (Å²) >= 11 is 6.47. The number of aromatic nitrogens is 1. The van der Waals surface area contributed by atoms with Crippen LogP contribution in [0.1, 0.15) is 51.6 Å². The second-order valence-corrected chi connectivity index (χ2v) is 8.91. The van der Waals surface area contributed by atoms with Crippen molar-refractivity contribution in [3.05, 3.63) is 35.0 Å². The molecule has 1 amide bonds. The highest BCUT2D eigenvalue weighted by Gasteiger charge is 2.30. The van der Waals surface area contributed by atoms with Crippen molar-refractivity contribution >= 4 is 28.6 Å². The third kappa shape index (κ3) is 4.81. The van der Waals surface area contributed by atoms with Crippen molar-refractivity contribution in [2.24, 2.45) is 0 Å². The minimum Gasteiger partial charge on any atom is -0.444 e. The van der Waals surface area contributed by atoms with Crippen molar-refractivity contribution in [3.8, 4) is 0 Å². The van der Waals surface area contributed by atoms with Crippen LogP contribution in [0.15, 0.2) is 24.3 Å². The number of carbonyl (C=O) groups is 1. The van der Waals surface area contributed by atoms with Gasteiger partial charge in [-0.25, -0.2) is 4.79 Å². The van der Waals surface area contributed by atoms with Crippen LogP contribution in [0.3, 0.4) is 0 Å². The first-order chi connectivity index (χ1) is 13.3. The van der Waals surface area contributed by atoms with Crippen LogP contribution >= 0.6 is 11.6 Å². The highest BCUT2D eigenvalue weighted by Crippen LogP contribution is 2.35. The van der Waals surface area contributed by atoms with Crippen LogP contribution in [0.5, 0.6) is 0 Å². The Morgan fingerprint density at radius 3 is 2.82 bits per heavy atom. The van der Waals surface area contributed by atoms with Crippen molar-refractivity contribution in [1.82, 2.24) is 9.47 Å². The normalized spacial score (nSPS) is 17.9. The molecule has 28 heavy (non-hydrogen) atoms. The van der Waals surface area contributed by atoms with E-state index in [4.69, 9.17) is 21.1 Å². The topological polar surface area (TPSA) is 43.7 Å². The molecule has 1 fully saturated rings. The Morgan fingerprint density at radius 2 is 2.11 bits per heavy atom. The summed E-state index contributed by atoms with van der Waals surface area (Å²) in [6.45, 7) is 8.72. The summed E-state index contributed by atoms with van der Waals surface area (Å²) in [7, 11) is 1.73. The lowest BCUT2D eigenvalue weighted by Gasteiger charge is -2.34. The second kappa shape index (κ2) is 8.75. The highest BCUT2D eigenvalue weighted by molar-refractivity contribution is 6.35. The Hall–Kier alpha value is -1.72. The van der Waals surface area contributed by atoms with E-state index in [9.17, 15) is 4.79 Å². The first kappa shape index (κ1) is 21.0. The number of amides is 1. The molecule has 5 nitrogen and oxygen atoms in total. The van der Waals surface area contributed by atoms with Crippen molar-refractivity contribution in [2.45, 2.75) is 58.1 Å². The van der Waals surface area contributed by atoms with Crippen LogP contribution in [0.2, 0.25) is 5.02 Å². The number of ether oxygens (including phenoxy) is 2. The molecule has 0 spiro atoms. The van der Waals surface area contributed by atoms with Gasteiger partial charge in [0, 0.05) is 60.9 Å². The summed E-state index contributed by atoms with van der Waals surface area (Å²) < 4.78 is 13.2. The summed E-state index contributed by atoms with van der Waals surface area (Å²) in [5.41, 5.74) is 1.91. The number of carbonyl (C=O) groups excluding carboxylic acids is 1. The van der Waals surface area contributed by atoms with Gasteiger partial charge in [0.25, 0.3) is 0 Å². The zero-order chi connectivity index (χ0) is 20.3. The second-order valence-electron chi connectivity index (χ2n) is 8.51. The zero-order valence-electron chi connectivity index (χ0n) is 17.3. The molecule has 154 valence electrons. The third-order valence-corrected chi connectivity index (χ3v) is 5.48. The molecule has 0 aliphatic carbocycles. The van der Waals surface area contributed by atoms with E-state index in [1.807, 2.05) is 37.8 Å². The highest BCUT2D eigenvalue weighted by atomic mass is 35.5. The fourth-order valence-corrected chi connectivity index (χ4v) is 4.16. The average molecular weight is 407 g/mol. The molecule has 2 aromatic rings. The molecular weight excluding hydrogens is 376 g/mol. The summed E-state index contributed by atoms with van der Waals surface area (Å²) in [5.74, 6) is 0.271. The van der Waals surface area contributed by atoms with Gasteiger partial charge in [-0.2, -0.15) is 0 Å². The predicted molar refractivity (Wildman–Crippen MR) is 113 cm³/mol. The van der Waals surface area contributed by atoms with E-state index >= 15 is 0 Å².